The average Bonchev–Trinajstić information content (AvgIpc) is 3.31. The molecule has 6 heteroatoms. The van der Waals surface area contributed by atoms with Crippen LogP contribution in [0.5, 0.6) is 0 Å². The second-order valence-electron chi connectivity index (χ2n) is 17.7. The second-order valence-corrected chi connectivity index (χ2v) is 17.7. The number of unbranched alkanes of at least 4 members (excludes halogenated alkanes) is 21. The molecule has 0 rings (SSSR count). The summed E-state index contributed by atoms with van der Waals surface area (Å²) < 4.78 is 16.7. The topological polar surface area (TPSA) is 78.9 Å². The first-order valence-electron chi connectivity index (χ1n) is 27.2. The van der Waals surface area contributed by atoms with Crippen LogP contribution in [0, 0.1) is 0 Å². The summed E-state index contributed by atoms with van der Waals surface area (Å²) in [5.41, 5.74) is 0. The monoisotopic (exact) mass is 917 g/mol. The van der Waals surface area contributed by atoms with Gasteiger partial charge in [-0.2, -0.15) is 0 Å². The van der Waals surface area contributed by atoms with Gasteiger partial charge in [-0.15, -0.1) is 0 Å². The van der Waals surface area contributed by atoms with Crippen LogP contribution >= 0.6 is 0 Å². The van der Waals surface area contributed by atoms with E-state index in [1.165, 1.54) is 83.5 Å². The summed E-state index contributed by atoms with van der Waals surface area (Å²) in [5.74, 6) is -0.913. The summed E-state index contributed by atoms with van der Waals surface area (Å²) in [6.45, 7) is 6.34. The van der Waals surface area contributed by atoms with Gasteiger partial charge in [0.15, 0.2) is 6.10 Å². The number of ether oxygens (including phenoxy) is 3. The lowest BCUT2D eigenvalue weighted by Crippen LogP contribution is -2.30. The SMILES string of the molecule is CC/C=C\C/C=C\C/C=C\C/C=C\CCCCCCCCCCCCC(=O)OCC(COC(=O)CCCCCCCC)OC(=O)CCCCCCCC/C=C\C/C=C\C/C=C\C/C=C\CC. The van der Waals surface area contributed by atoms with Crippen molar-refractivity contribution in [1.82, 2.24) is 0 Å². The van der Waals surface area contributed by atoms with E-state index in [0.717, 1.165) is 122 Å². The molecule has 1 unspecified atom stereocenters. The number of hydrogen-bond acceptors (Lipinski definition) is 6. The minimum absolute atomic E-state index is 0.0851. The molecular formula is C60H100O6. The molecule has 0 fully saturated rings. The van der Waals surface area contributed by atoms with Crippen molar-refractivity contribution in [3.8, 4) is 0 Å². The zero-order valence-electron chi connectivity index (χ0n) is 42.9. The van der Waals surface area contributed by atoms with Crippen LogP contribution in [0.2, 0.25) is 0 Å². The molecule has 0 spiro atoms. The van der Waals surface area contributed by atoms with Crippen LogP contribution in [0.4, 0.5) is 0 Å². The van der Waals surface area contributed by atoms with Crippen molar-refractivity contribution in [3.05, 3.63) is 97.2 Å². The molecule has 0 amide bonds. The molecule has 376 valence electrons. The number of hydrogen-bond donors (Lipinski definition) is 0. The lowest BCUT2D eigenvalue weighted by atomic mass is 10.1. The Morgan fingerprint density at radius 3 is 0.924 bits per heavy atom. The third-order valence-corrected chi connectivity index (χ3v) is 11.3. The van der Waals surface area contributed by atoms with Gasteiger partial charge in [0.25, 0.3) is 0 Å². The zero-order valence-corrected chi connectivity index (χ0v) is 42.9. The smallest absolute Gasteiger partial charge is 0.306 e. The number of carbonyl (C=O) groups excluding carboxylic acids is 3. The Morgan fingerprint density at radius 2 is 0.591 bits per heavy atom. The molecule has 1 atom stereocenters. The van der Waals surface area contributed by atoms with Gasteiger partial charge >= 0.3 is 17.9 Å². The fraction of sp³-hybridized carbons (Fsp3) is 0.683. The first kappa shape index (κ1) is 62.3. The van der Waals surface area contributed by atoms with E-state index in [-0.39, 0.29) is 31.1 Å². The summed E-state index contributed by atoms with van der Waals surface area (Å²) in [7, 11) is 0. The molecule has 0 aromatic carbocycles. The second kappa shape index (κ2) is 53.9. The number of rotatable bonds is 48. The molecule has 6 nitrogen and oxygen atoms in total. The molecule has 0 aromatic heterocycles. The summed E-state index contributed by atoms with van der Waals surface area (Å²) in [5, 5.41) is 0. The number of esters is 3. The fourth-order valence-electron chi connectivity index (χ4n) is 7.31. The standard InChI is InChI=1S/C60H100O6/c1-4-7-10-13-16-18-20-22-24-26-28-29-30-31-33-34-36-38-40-42-44-47-50-53-59(62)65-56-57(55-64-58(61)52-49-46-15-12-9-6-3)66-60(63)54-51-48-45-43-41-39-37-35-32-27-25-23-21-19-17-14-11-8-5-2/h7-8,10-11,16-19,22-25,28-29,32,35,57H,4-6,9,12-15,20-21,26-27,30-31,33-34,36-56H2,1-3H3/b10-7-,11-8-,18-16-,19-17-,24-22-,25-23-,29-28-,35-32-. The van der Waals surface area contributed by atoms with Crippen LogP contribution in [-0.2, 0) is 28.6 Å². The van der Waals surface area contributed by atoms with Gasteiger partial charge in [-0.1, -0.05) is 227 Å². The van der Waals surface area contributed by atoms with E-state index in [0.29, 0.717) is 19.3 Å². The highest BCUT2D eigenvalue weighted by atomic mass is 16.6. The molecule has 0 radical (unpaired) electrons. The predicted octanol–water partition coefficient (Wildman–Crippen LogP) is 18.1. The maximum atomic E-state index is 12.8. The highest BCUT2D eigenvalue weighted by Gasteiger charge is 2.19. The van der Waals surface area contributed by atoms with Crippen molar-refractivity contribution in [2.75, 3.05) is 13.2 Å². The molecular weight excluding hydrogens is 817 g/mol. The highest BCUT2D eigenvalue weighted by Crippen LogP contribution is 2.15. The van der Waals surface area contributed by atoms with Gasteiger partial charge in [0, 0.05) is 19.3 Å². The molecule has 0 heterocycles. The maximum absolute atomic E-state index is 12.8. The van der Waals surface area contributed by atoms with Gasteiger partial charge in [-0.05, 0) is 96.3 Å². The molecule has 0 bridgehead atoms. The van der Waals surface area contributed by atoms with Gasteiger partial charge in [-0.25, -0.2) is 0 Å². The van der Waals surface area contributed by atoms with Gasteiger partial charge < -0.3 is 14.2 Å². The zero-order chi connectivity index (χ0) is 47.9. The first-order chi connectivity index (χ1) is 32.5. The lowest BCUT2D eigenvalue weighted by molar-refractivity contribution is -0.167. The molecule has 0 N–H and O–H groups in total. The molecule has 0 saturated heterocycles. The van der Waals surface area contributed by atoms with Crippen molar-refractivity contribution in [2.24, 2.45) is 0 Å². The van der Waals surface area contributed by atoms with Crippen molar-refractivity contribution < 1.29 is 28.6 Å². The van der Waals surface area contributed by atoms with Crippen molar-refractivity contribution in [2.45, 2.75) is 252 Å². The Morgan fingerprint density at radius 1 is 0.318 bits per heavy atom. The predicted molar refractivity (Wildman–Crippen MR) is 284 cm³/mol. The van der Waals surface area contributed by atoms with E-state index in [1.807, 2.05) is 0 Å². The molecule has 0 aliphatic carbocycles. The maximum Gasteiger partial charge on any atom is 0.306 e. The first-order valence-corrected chi connectivity index (χ1v) is 27.2. The number of carbonyl (C=O) groups is 3. The van der Waals surface area contributed by atoms with Crippen LogP contribution in [0.15, 0.2) is 97.2 Å². The normalized spacial score (nSPS) is 12.8. The Labute approximate surface area is 407 Å². The van der Waals surface area contributed by atoms with E-state index in [9.17, 15) is 14.4 Å². The van der Waals surface area contributed by atoms with Crippen molar-refractivity contribution >= 4 is 17.9 Å². The van der Waals surface area contributed by atoms with Gasteiger partial charge in [0.05, 0.1) is 0 Å². The Bertz CT molecular complexity index is 1330. The van der Waals surface area contributed by atoms with E-state index < -0.39 is 6.10 Å². The quantitative estimate of drug-likeness (QED) is 0.0262. The van der Waals surface area contributed by atoms with Crippen molar-refractivity contribution in [3.63, 3.8) is 0 Å². The van der Waals surface area contributed by atoms with Crippen molar-refractivity contribution in [1.29, 1.82) is 0 Å². The molecule has 66 heavy (non-hydrogen) atoms. The minimum atomic E-state index is -0.784. The molecule has 0 aliphatic heterocycles. The summed E-state index contributed by atoms with van der Waals surface area (Å²) in [4.78, 5) is 37.8. The average molecular weight is 917 g/mol. The molecule has 0 aliphatic rings. The van der Waals surface area contributed by atoms with E-state index in [2.05, 4.69) is 118 Å². The van der Waals surface area contributed by atoms with Gasteiger partial charge in [0.1, 0.15) is 13.2 Å². The molecule has 0 aromatic rings. The molecule has 0 saturated carbocycles. The van der Waals surface area contributed by atoms with Crippen LogP contribution in [0.25, 0.3) is 0 Å². The summed E-state index contributed by atoms with van der Waals surface area (Å²) in [6.07, 6.45) is 71.3. The van der Waals surface area contributed by atoms with E-state index >= 15 is 0 Å². The number of allylic oxidation sites excluding steroid dienone is 16. The van der Waals surface area contributed by atoms with Crippen LogP contribution in [-0.4, -0.2) is 37.2 Å². The largest absolute Gasteiger partial charge is 0.462 e. The Balaban J connectivity index is 4.21. The Hall–Kier alpha value is -3.67. The fourth-order valence-corrected chi connectivity index (χ4v) is 7.31. The van der Waals surface area contributed by atoms with E-state index in [1.54, 1.807) is 0 Å². The third-order valence-electron chi connectivity index (χ3n) is 11.3. The highest BCUT2D eigenvalue weighted by molar-refractivity contribution is 5.71. The summed E-state index contributed by atoms with van der Waals surface area (Å²) in [6, 6.07) is 0. The van der Waals surface area contributed by atoms with Gasteiger partial charge in [-0.3, -0.25) is 14.4 Å². The van der Waals surface area contributed by atoms with Crippen LogP contribution < -0.4 is 0 Å². The third kappa shape index (κ3) is 51.3. The Kier molecular flexibility index (Phi) is 50.9. The van der Waals surface area contributed by atoms with Crippen LogP contribution in [0.1, 0.15) is 245 Å². The minimum Gasteiger partial charge on any atom is -0.462 e. The van der Waals surface area contributed by atoms with Crippen LogP contribution in [0.3, 0.4) is 0 Å². The van der Waals surface area contributed by atoms with Gasteiger partial charge in [0.2, 0.25) is 0 Å². The lowest BCUT2D eigenvalue weighted by Gasteiger charge is -2.18. The van der Waals surface area contributed by atoms with E-state index in [4.69, 9.17) is 14.2 Å². The summed E-state index contributed by atoms with van der Waals surface area (Å²) >= 11 is 0.